The number of carbonyl (C=O) groups excluding carboxylic acids is 1. The van der Waals surface area contributed by atoms with Crippen molar-refractivity contribution in [2.24, 2.45) is 0 Å². The summed E-state index contributed by atoms with van der Waals surface area (Å²) in [7, 11) is 0. The fourth-order valence-electron chi connectivity index (χ4n) is 1.29. The van der Waals surface area contributed by atoms with Gasteiger partial charge in [-0.15, -0.1) is 0 Å². The lowest BCUT2D eigenvalue weighted by Gasteiger charge is -2.01. The minimum atomic E-state index is 0.0212. The zero-order valence-electron chi connectivity index (χ0n) is 10.7. The Morgan fingerprint density at radius 3 is 2.94 bits per heavy atom. The Morgan fingerprint density at radius 2 is 2.35 bits per heavy atom. The molecule has 1 aromatic heterocycles. The van der Waals surface area contributed by atoms with E-state index < -0.39 is 0 Å². The highest BCUT2D eigenvalue weighted by molar-refractivity contribution is 7.99. The molecule has 96 valence electrons. The molecule has 17 heavy (non-hydrogen) atoms. The third-order valence-electron chi connectivity index (χ3n) is 2.36. The molecule has 0 fully saturated rings. The smallest absolute Gasteiger partial charge is 0.235 e. The van der Waals surface area contributed by atoms with Crippen molar-refractivity contribution < 1.29 is 4.79 Å². The second-order valence-corrected chi connectivity index (χ2v) is 5.42. The number of thioether (sulfide) groups is 1. The van der Waals surface area contributed by atoms with Crippen molar-refractivity contribution in [3.05, 3.63) is 11.8 Å². The fraction of sp³-hybridized carbons (Fsp3) is 0.667. The fourth-order valence-corrected chi connectivity index (χ4v) is 2.18. The first kappa shape index (κ1) is 14.1. The van der Waals surface area contributed by atoms with E-state index >= 15 is 0 Å². The predicted octanol–water partition coefficient (Wildman–Crippen LogP) is 3.00. The average molecular weight is 255 g/mol. The summed E-state index contributed by atoms with van der Waals surface area (Å²) in [6.45, 7) is 6.32. The molecular weight excluding hydrogens is 234 g/mol. The zero-order valence-corrected chi connectivity index (χ0v) is 11.6. The van der Waals surface area contributed by atoms with Crippen LogP contribution in [0.3, 0.4) is 0 Å². The van der Waals surface area contributed by atoms with Gasteiger partial charge in [-0.05, 0) is 18.1 Å². The van der Waals surface area contributed by atoms with Gasteiger partial charge in [-0.1, -0.05) is 27.2 Å². The summed E-state index contributed by atoms with van der Waals surface area (Å²) in [5.74, 6) is 2.58. The van der Waals surface area contributed by atoms with E-state index in [-0.39, 0.29) is 5.91 Å². The van der Waals surface area contributed by atoms with Crippen molar-refractivity contribution in [1.82, 2.24) is 10.2 Å². The number of aromatic nitrogens is 2. The summed E-state index contributed by atoms with van der Waals surface area (Å²) in [4.78, 5) is 11.6. The van der Waals surface area contributed by atoms with Gasteiger partial charge >= 0.3 is 0 Å². The number of amides is 1. The molecule has 0 radical (unpaired) electrons. The summed E-state index contributed by atoms with van der Waals surface area (Å²) in [5.41, 5.74) is 1.04. The van der Waals surface area contributed by atoms with E-state index in [4.69, 9.17) is 0 Å². The van der Waals surface area contributed by atoms with Gasteiger partial charge in [-0.2, -0.15) is 16.9 Å². The first-order valence-electron chi connectivity index (χ1n) is 6.06. The monoisotopic (exact) mass is 255 g/mol. The Morgan fingerprint density at radius 1 is 1.59 bits per heavy atom. The van der Waals surface area contributed by atoms with E-state index in [1.54, 1.807) is 11.8 Å². The van der Waals surface area contributed by atoms with Crippen LogP contribution in [0.5, 0.6) is 0 Å². The Balaban J connectivity index is 2.29. The number of aromatic amines is 1. The summed E-state index contributed by atoms with van der Waals surface area (Å²) in [6, 6.07) is 1.89. The van der Waals surface area contributed by atoms with E-state index in [0.717, 1.165) is 17.9 Å². The lowest BCUT2D eigenvalue weighted by molar-refractivity contribution is -0.113. The molecule has 0 atom stereocenters. The molecule has 0 bridgehead atoms. The number of hydrogen-bond donors (Lipinski definition) is 2. The van der Waals surface area contributed by atoms with Crippen LogP contribution in [-0.4, -0.2) is 27.6 Å². The predicted molar refractivity (Wildman–Crippen MR) is 73.5 cm³/mol. The molecular formula is C12H21N3OS. The molecule has 0 aliphatic carbocycles. The number of unbranched alkanes of at least 4 members (excludes halogenated alkanes) is 1. The summed E-state index contributed by atoms with van der Waals surface area (Å²) >= 11 is 1.67. The van der Waals surface area contributed by atoms with Crippen molar-refractivity contribution in [3.8, 4) is 0 Å². The van der Waals surface area contributed by atoms with Gasteiger partial charge in [0.15, 0.2) is 5.82 Å². The van der Waals surface area contributed by atoms with Gasteiger partial charge in [0.25, 0.3) is 0 Å². The van der Waals surface area contributed by atoms with Crippen LogP contribution in [0.1, 0.15) is 45.2 Å². The highest BCUT2D eigenvalue weighted by atomic mass is 32.2. The van der Waals surface area contributed by atoms with Crippen molar-refractivity contribution in [1.29, 1.82) is 0 Å². The van der Waals surface area contributed by atoms with Gasteiger partial charge < -0.3 is 5.32 Å². The number of rotatable bonds is 7. The van der Waals surface area contributed by atoms with E-state index in [2.05, 4.69) is 36.3 Å². The largest absolute Gasteiger partial charge is 0.308 e. The van der Waals surface area contributed by atoms with Crippen LogP contribution in [-0.2, 0) is 4.79 Å². The van der Waals surface area contributed by atoms with Gasteiger partial charge in [-0.3, -0.25) is 9.89 Å². The molecule has 1 amide bonds. The molecule has 2 N–H and O–H groups in total. The molecule has 5 heteroatoms. The van der Waals surface area contributed by atoms with E-state index in [0.29, 0.717) is 17.5 Å². The standard InChI is InChI=1S/C12H21N3OS/c1-4-5-6-17-8-12(16)13-11-7-10(9(2)3)14-15-11/h7,9H,4-6,8H2,1-3H3,(H2,13,14,15,16). The summed E-state index contributed by atoms with van der Waals surface area (Å²) in [6.07, 6.45) is 2.34. The number of carbonyl (C=O) groups is 1. The van der Waals surface area contributed by atoms with Crippen molar-refractivity contribution in [2.75, 3.05) is 16.8 Å². The first-order valence-corrected chi connectivity index (χ1v) is 7.21. The van der Waals surface area contributed by atoms with Crippen LogP contribution in [0.25, 0.3) is 0 Å². The Hall–Kier alpha value is -0.970. The van der Waals surface area contributed by atoms with Crippen molar-refractivity contribution >= 4 is 23.5 Å². The van der Waals surface area contributed by atoms with Gasteiger partial charge in [0.1, 0.15) is 0 Å². The quantitative estimate of drug-likeness (QED) is 0.736. The third kappa shape index (κ3) is 5.26. The molecule has 0 aliphatic heterocycles. The number of H-pyrrole nitrogens is 1. The van der Waals surface area contributed by atoms with Crippen LogP contribution < -0.4 is 5.32 Å². The molecule has 1 aromatic rings. The molecule has 0 aromatic carbocycles. The van der Waals surface area contributed by atoms with E-state index in [1.165, 1.54) is 6.42 Å². The molecule has 1 rings (SSSR count). The molecule has 1 heterocycles. The maximum Gasteiger partial charge on any atom is 0.235 e. The van der Waals surface area contributed by atoms with E-state index in [9.17, 15) is 4.79 Å². The van der Waals surface area contributed by atoms with Gasteiger partial charge in [-0.25, -0.2) is 0 Å². The van der Waals surface area contributed by atoms with Gasteiger partial charge in [0, 0.05) is 11.8 Å². The third-order valence-corrected chi connectivity index (χ3v) is 3.41. The lowest BCUT2D eigenvalue weighted by atomic mass is 10.1. The van der Waals surface area contributed by atoms with Crippen LogP contribution in [0.4, 0.5) is 5.82 Å². The average Bonchev–Trinajstić information content (AvgIpc) is 2.73. The molecule has 4 nitrogen and oxygen atoms in total. The number of hydrogen-bond acceptors (Lipinski definition) is 3. The first-order chi connectivity index (χ1) is 8.13. The molecule has 0 aliphatic rings. The topological polar surface area (TPSA) is 57.8 Å². The summed E-state index contributed by atoms with van der Waals surface area (Å²) < 4.78 is 0. The Bertz CT molecular complexity index is 349. The Kier molecular flexibility index (Phi) is 6.11. The molecule has 0 spiro atoms. The van der Waals surface area contributed by atoms with Crippen molar-refractivity contribution in [3.63, 3.8) is 0 Å². The van der Waals surface area contributed by atoms with Gasteiger partial charge in [0.05, 0.1) is 5.75 Å². The van der Waals surface area contributed by atoms with Gasteiger partial charge in [0.2, 0.25) is 5.91 Å². The molecule has 0 saturated heterocycles. The van der Waals surface area contributed by atoms with Crippen LogP contribution >= 0.6 is 11.8 Å². The minimum absolute atomic E-state index is 0.0212. The van der Waals surface area contributed by atoms with Crippen LogP contribution in [0, 0.1) is 0 Å². The summed E-state index contributed by atoms with van der Waals surface area (Å²) in [5, 5.41) is 9.76. The lowest BCUT2D eigenvalue weighted by Crippen LogP contribution is -2.14. The van der Waals surface area contributed by atoms with Crippen LogP contribution in [0.2, 0.25) is 0 Å². The highest BCUT2D eigenvalue weighted by Crippen LogP contribution is 2.15. The number of nitrogens with zero attached hydrogens (tertiary/aromatic N) is 1. The maximum atomic E-state index is 11.6. The van der Waals surface area contributed by atoms with Crippen molar-refractivity contribution in [2.45, 2.75) is 39.5 Å². The highest BCUT2D eigenvalue weighted by Gasteiger charge is 2.07. The molecule has 0 unspecified atom stereocenters. The minimum Gasteiger partial charge on any atom is -0.308 e. The normalized spacial score (nSPS) is 10.8. The van der Waals surface area contributed by atoms with Crippen LogP contribution in [0.15, 0.2) is 6.07 Å². The SMILES string of the molecule is CCCCSCC(=O)Nc1cc(C(C)C)[nH]n1. The number of nitrogens with one attached hydrogen (secondary N) is 2. The number of anilines is 1. The molecule has 0 saturated carbocycles. The Labute approximate surface area is 107 Å². The second kappa shape index (κ2) is 7.37. The zero-order chi connectivity index (χ0) is 12.7. The van der Waals surface area contributed by atoms with E-state index in [1.807, 2.05) is 6.07 Å². The second-order valence-electron chi connectivity index (χ2n) is 4.32. The maximum absolute atomic E-state index is 11.6.